The van der Waals surface area contributed by atoms with E-state index in [1.807, 2.05) is 6.92 Å². The molecule has 1 fully saturated rings. The molecule has 96 valence electrons. The molecule has 1 aromatic rings. The summed E-state index contributed by atoms with van der Waals surface area (Å²) in [5, 5.41) is 8.97. The van der Waals surface area contributed by atoms with Gasteiger partial charge in [-0.15, -0.1) is 0 Å². The number of hydrogen-bond donors (Lipinski definition) is 1. The van der Waals surface area contributed by atoms with Gasteiger partial charge in [0.15, 0.2) is 0 Å². The SMILES string of the molecule is Cc1nn(C(CNC2CC2)C(C)C)c(C)c1Cl. The molecule has 0 saturated heterocycles. The molecule has 1 heterocycles. The quantitative estimate of drug-likeness (QED) is 0.876. The highest BCUT2D eigenvalue weighted by Gasteiger charge is 2.25. The van der Waals surface area contributed by atoms with Crippen LogP contribution in [0.15, 0.2) is 0 Å². The first-order valence-corrected chi connectivity index (χ1v) is 6.83. The predicted octanol–water partition coefficient (Wildman–Crippen LogP) is 3.10. The molecule has 0 aliphatic heterocycles. The fourth-order valence-electron chi connectivity index (χ4n) is 2.15. The lowest BCUT2D eigenvalue weighted by molar-refractivity contribution is 0.323. The number of aryl methyl sites for hydroxylation is 1. The standard InChI is InChI=1S/C13H22ClN3/c1-8(2)12(7-15-11-5-6-11)17-10(4)13(14)9(3)16-17/h8,11-12,15H,5-7H2,1-4H3. The summed E-state index contributed by atoms with van der Waals surface area (Å²) in [5.41, 5.74) is 2.02. The molecular formula is C13H22ClN3. The molecule has 0 radical (unpaired) electrons. The van der Waals surface area contributed by atoms with Gasteiger partial charge in [-0.25, -0.2) is 0 Å². The number of aromatic nitrogens is 2. The van der Waals surface area contributed by atoms with Crippen LogP contribution < -0.4 is 5.32 Å². The highest BCUT2D eigenvalue weighted by Crippen LogP contribution is 2.27. The molecular weight excluding hydrogens is 234 g/mol. The average Bonchev–Trinajstić information content (AvgIpc) is 3.05. The summed E-state index contributed by atoms with van der Waals surface area (Å²) >= 11 is 6.22. The zero-order valence-electron chi connectivity index (χ0n) is 11.1. The molecule has 1 aliphatic rings. The molecule has 4 heteroatoms. The molecule has 0 amide bonds. The van der Waals surface area contributed by atoms with Gasteiger partial charge in [0, 0.05) is 12.6 Å². The fraction of sp³-hybridized carbons (Fsp3) is 0.769. The molecule has 1 unspecified atom stereocenters. The lowest BCUT2D eigenvalue weighted by Gasteiger charge is -2.23. The summed E-state index contributed by atoms with van der Waals surface area (Å²) in [6.45, 7) is 9.49. The van der Waals surface area contributed by atoms with E-state index in [-0.39, 0.29) is 0 Å². The molecule has 1 atom stereocenters. The van der Waals surface area contributed by atoms with Crippen LogP contribution >= 0.6 is 11.6 Å². The Hall–Kier alpha value is -0.540. The Balaban J connectivity index is 2.15. The first-order chi connectivity index (χ1) is 8.00. The summed E-state index contributed by atoms with van der Waals surface area (Å²) in [4.78, 5) is 0. The summed E-state index contributed by atoms with van der Waals surface area (Å²) in [6.07, 6.45) is 2.64. The van der Waals surface area contributed by atoms with Gasteiger partial charge in [-0.3, -0.25) is 4.68 Å². The van der Waals surface area contributed by atoms with Crippen LogP contribution in [0.2, 0.25) is 5.02 Å². The first-order valence-electron chi connectivity index (χ1n) is 6.45. The minimum absolute atomic E-state index is 0.391. The zero-order valence-corrected chi connectivity index (χ0v) is 11.9. The monoisotopic (exact) mass is 255 g/mol. The average molecular weight is 256 g/mol. The van der Waals surface area contributed by atoms with E-state index < -0.39 is 0 Å². The molecule has 1 aliphatic carbocycles. The molecule has 1 aromatic heterocycles. The second kappa shape index (κ2) is 4.99. The molecule has 0 spiro atoms. The van der Waals surface area contributed by atoms with Gasteiger partial charge in [-0.05, 0) is 32.6 Å². The van der Waals surface area contributed by atoms with Crippen LogP contribution in [0.1, 0.15) is 44.1 Å². The highest BCUT2D eigenvalue weighted by atomic mass is 35.5. The summed E-state index contributed by atoms with van der Waals surface area (Å²) in [6, 6.07) is 1.13. The minimum atomic E-state index is 0.391. The van der Waals surface area contributed by atoms with E-state index in [0.29, 0.717) is 12.0 Å². The van der Waals surface area contributed by atoms with Crippen LogP contribution in [0, 0.1) is 19.8 Å². The lowest BCUT2D eigenvalue weighted by Crippen LogP contribution is -2.31. The van der Waals surface area contributed by atoms with Gasteiger partial charge in [0.25, 0.3) is 0 Å². The molecule has 0 bridgehead atoms. The maximum Gasteiger partial charge on any atom is 0.0844 e. The van der Waals surface area contributed by atoms with Gasteiger partial charge in [0.2, 0.25) is 0 Å². The second-order valence-electron chi connectivity index (χ2n) is 5.42. The van der Waals surface area contributed by atoms with Gasteiger partial charge < -0.3 is 5.32 Å². The third kappa shape index (κ3) is 2.83. The van der Waals surface area contributed by atoms with E-state index in [4.69, 9.17) is 11.6 Å². The van der Waals surface area contributed by atoms with Gasteiger partial charge in [-0.2, -0.15) is 5.10 Å². The van der Waals surface area contributed by atoms with Gasteiger partial charge in [-0.1, -0.05) is 25.4 Å². The third-order valence-corrected chi connectivity index (χ3v) is 4.06. The lowest BCUT2D eigenvalue weighted by atomic mass is 10.0. The number of nitrogens with zero attached hydrogens (tertiary/aromatic N) is 2. The van der Waals surface area contributed by atoms with E-state index in [1.54, 1.807) is 0 Å². The normalized spacial score (nSPS) is 17.8. The first kappa shape index (κ1) is 12.9. The maximum absolute atomic E-state index is 6.22. The molecule has 1 N–H and O–H groups in total. The van der Waals surface area contributed by atoms with Crippen molar-refractivity contribution in [1.82, 2.24) is 15.1 Å². The van der Waals surface area contributed by atoms with Crippen LogP contribution in [0.4, 0.5) is 0 Å². The van der Waals surface area contributed by atoms with Crippen molar-refractivity contribution in [1.29, 1.82) is 0 Å². The van der Waals surface area contributed by atoms with Gasteiger partial charge >= 0.3 is 0 Å². The van der Waals surface area contributed by atoms with E-state index in [0.717, 1.165) is 29.0 Å². The minimum Gasteiger partial charge on any atom is -0.312 e. The third-order valence-electron chi connectivity index (χ3n) is 3.51. The smallest absolute Gasteiger partial charge is 0.0844 e. The fourth-order valence-corrected chi connectivity index (χ4v) is 2.27. The summed E-state index contributed by atoms with van der Waals surface area (Å²) < 4.78 is 2.09. The van der Waals surface area contributed by atoms with Crippen LogP contribution in [-0.4, -0.2) is 22.4 Å². The number of halogens is 1. The second-order valence-corrected chi connectivity index (χ2v) is 5.80. The Bertz CT molecular complexity index is 394. The Kier molecular flexibility index (Phi) is 3.79. The molecule has 2 rings (SSSR count). The Labute approximate surface area is 109 Å². The predicted molar refractivity (Wildman–Crippen MR) is 71.6 cm³/mol. The zero-order chi connectivity index (χ0) is 12.6. The maximum atomic E-state index is 6.22. The molecule has 17 heavy (non-hydrogen) atoms. The van der Waals surface area contributed by atoms with Crippen molar-refractivity contribution in [3.05, 3.63) is 16.4 Å². The van der Waals surface area contributed by atoms with Crippen molar-refractivity contribution in [2.24, 2.45) is 5.92 Å². The van der Waals surface area contributed by atoms with Crippen LogP contribution in [0.5, 0.6) is 0 Å². The highest BCUT2D eigenvalue weighted by molar-refractivity contribution is 6.31. The number of rotatable bonds is 5. The van der Waals surface area contributed by atoms with Crippen molar-refractivity contribution >= 4 is 11.6 Å². The molecule has 1 saturated carbocycles. The topological polar surface area (TPSA) is 29.9 Å². The summed E-state index contributed by atoms with van der Waals surface area (Å²) in [7, 11) is 0. The van der Waals surface area contributed by atoms with Gasteiger partial charge in [0.1, 0.15) is 0 Å². The van der Waals surface area contributed by atoms with E-state index in [9.17, 15) is 0 Å². The van der Waals surface area contributed by atoms with E-state index in [2.05, 4.69) is 35.9 Å². The number of hydrogen-bond acceptors (Lipinski definition) is 2. The van der Waals surface area contributed by atoms with Crippen LogP contribution in [0.25, 0.3) is 0 Å². The van der Waals surface area contributed by atoms with E-state index in [1.165, 1.54) is 12.8 Å². The largest absolute Gasteiger partial charge is 0.312 e. The Morgan fingerprint density at radius 3 is 2.47 bits per heavy atom. The molecule has 3 nitrogen and oxygen atoms in total. The van der Waals surface area contributed by atoms with Crippen LogP contribution in [-0.2, 0) is 0 Å². The Morgan fingerprint density at radius 2 is 2.06 bits per heavy atom. The number of nitrogens with one attached hydrogen (secondary N) is 1. The summed E-state index contributed by atoms with van der Waals surface area (Å²) in [5.74, 6) is 0.551. The van der Waals surface area contributed by atoms with Crippen molar-refractivity contribution in [2.45, 2.75) is 52.6 Å². The van der Waals surface area contributed by atoms with Crippen molar-refractivity contribution in [3.8, 4) is 0 Å². The van der Waals surface area contributed by atoms with Crippen molar-refractivity contribution < 1.29 is 0 Å². The van der Waals surface area contributed by atoms with E-state index >= 15 is 0 Å². The van der Waals surface area contributed by atoms with Gasteiger partial charge in [0.05, 0.1) is 22.5 Å². The van der Waals surface area contributed by atoms with Crippen LogP contribution in [0.3, 0.4) is 0 Å². The van der Waals surface area contributed by atoms with Crippen molar-refractivity contribution in [2.75, 3.05) is 6.54 Å². The van der Waals surface area contributed by atoms with Crippen molar-refractivity contribution in [3.63, 3.8) is 0 Å². The molecule has 0 aromatic carbocycles. The Morgan fingerprint density at radius 1 is 1.41 bits per heavy atom.